The summed E-state index contributed by atoms with van der Waals surface area (Å²) in [6, 6.07) is 3.76. The Labute approximate surface area is 95.0 Å². The standard InChI is InChI=1S/C10H8F3N3O/c1-15-9(17)16-7-3-2-6(5-14)8(4-7)10(11,12)13/h2-4H,1H3,(H2,15,16,17). The van der Waals surface area contributed by atoms with Gasteiger partial charge >= 0.3 is 12.2 Å². The molecule has 0 atom stereocenters. The molecule has 0 unspecified atom stereocenters. The Balaban J connectivity index is 3.15. The maximum atomic E-state index is 12.6. The Morgan fingerprint density at radius 3 is 2.53 bits per heavy atom. The third-order valence-corrected chi connectivity index (χ3v) is 1.93. The first kappa shape index (κ1) is 12.8. The van der Waals surface area contributed by atoms with Crippen molar-refractivity contribution in [2.45, 2.75) is 6.18 Å². The molecule has 0 radical (unpaired) electrons. The van der Waals surface area contributed by atoms with Gasteiger partial charge in [0.2, 0.25) is 0 Å². The van der Waals surface area contributed by atoms with E-state index in [1.165, 1.54) is 19.2 Å². The monoisotopic (exact) mass is 243 g/mol. The Bertz CT molecular complexity index is 477. The number of nitrogens with one attached hydrogen (secondary N) is 2. The predicted octanol–water partition coefficient (Wildman–Crippen LogP) is 2.33. The van der Waals surface area contributed by atoms with Gasteiger partial charge in [-0.05, 0) is 18.2 Å². The number of amides is 2. The first-order valence-corrected chi connectivity index (χ1v) is 4.48. The van der Waals surface area contributed by atoms with Crippen molar-refractivity contribution in [1.29, 1.82) is 5.26 Å². The van der Waals surface area contributed by atoms with Gasteiger partial charge in [-0.25, -0.2) is 4.79 Å². The van der Waals surface area contributed by atoms with E-state index in [0.29, 0.717) is 6.07 Å². The summed E-state index contributed by atoms with van der Waals surface area (Å²) < 4.78 is 37.7. The normalized spacial score (nSPS) is 10.5. The predicted molar refractivity (Wildman–Crippen MR) is 54.2 cm³/mol. The lowest BCUT2D eigenvalue weighted by Gasteiger charge is -2.11. The van der Waals surface area contributed by atoms with Gasteiger partial charge < -0.3 is 10.6 Å². The van der Waals surface area contributed by atoms with E-state index in [-0.39, 0.29) is 5.69 Å². The fourth-order valence-electron chi connectivity index (χ4n) is 1.15. The lowest BCUT2D eigenvalue weighted by Crippen LogP contribution is -2.24. The number of benzene rings is 1. The van der Waals surface area contributed by atoms with E-state index in [1.807, 2.05) is 0 Å². The van der Waals surface area contributed by atoms with Crippen LogP contribution in [-0.2, 0) is 6.18 Å². The van der Waals surface area contributed by atoms with Crippen molar-refractivity contribution in [2.24, 2.45) is 0 Å². The number of hydrogen-bond donors (Lipinski definition) is 2. The molecule has 17 heavy (non-hydrogen) atoms. The number of carbonyl (C=O) groups is 1. The highest BCUT2D eigenvalue weighted by molar-refractivity contribution is 5.89. The zero-order valence-corrected chi connectivity index (χ0v) is 8.72. The number of halogens is 3. The molecule has 2 amide bonds. The van der Waals surface area contributed by atoms with E-state index in [1.54, 1.807) is 0 Å². The molecule has 0 aromatic heterocycles. The van der Waals surface area contributed by atoms with Crippen molar-refractivity contribution in [2.75, 3.05) is 12.4 Å². The molecule has 0 aliphatic carbocycles. The largest absolute Gasteiger partial charge is 0.417 e. The van der Waals surface area contributed by atoms with Gasteiger partial charge in [-0.2, -0.15) is 18.4 Å². The molecular formula is C10H8F3N3O. The minimum atomic E-state index is -4.63. The fraction of sp³-hybridized carbons (Fsp3) is 0.200. The maximum absolute atomic E-state index is 12.6. The third kappa shape index (κ3) is 3.11. The molecule has 0 spiro atoms. The molecule has 7 heteroatoms. The van der Waals surface area contributed by atoms with Crippen LogP contribution in [0.4, 0.5) is 23.7 Å². The van der Waals surface area contributed by atoms with E-state index in [9.17, 15) is 18.0 Å². The van der Waals surface area contributed by atoms with Gasteiger partial charge in [0, 0.05) is 12.7 Å². The smallest absolute Gasteiger partial charge is 0.341 e. The van der Waals surface area contributed by atoms with Gasteiger partial charge in [0.1, 0.15) is 0 Å². The molecule has 0 bridgehead atoms. The lowest BCUT2D eigenvalue weighted by molar-refractivity contribution is -0.137. The van der Waals surface area contributed by atoms with Gasteiger partial charge in [-0.1, -0.05) is 0 Å². The molecule has 1 aromatic rings. The second-order valence-electron chi connectivity index (χ2n) is 3.07. The number of carbonyl (C=O) groups excluding carboxylic acids is 1. The number of hydrogen-bond acceptors (Lipinski definition) is 2. The Hall–Kier alpha value is -2.23. The molecule has 0 heterocycles. The fourth-order valence-corrected chi connectivity index (χ4v) is 1.15. The molecule has 4 nitrogen and oxygen atoms in total. The molecule has 0 aliphatic rings. The Morgan fingerprint density at radius 2 is 2.06 bits per heavy atom. The summed E-state index contributed by atoms with van der Waals surface area (Å²) in [5.74, 6) is 0. The van der Waals surface area contributed by atoms with Gasteiger partial charge in [-0.15, -0.1) is 0 Å². The zero-order valence-electron chi connectivity index (χ0n) is 8.72. The van der Waals surface area contributed by atoms with Gasteiger partial charge in [0.15, 0.2) is 0 Å². The first-order chi connectivity index (χ1) is 7.88. The summed E-state index contributed by atoms with van der Waals surface area (Å²) in [6.45, 7) is 0. The number of urea groups is 1. The number of nitriles is 1. The summed E-state index contributed by atoms with van der Waals surface area (Å²) in [4.78, 5) is 10.9. The van der Waals surface area contributed by atoms with Crippen LogP contribution in [0.1, 0.15) is 11.1 Å². The van der Waals surface area contributed by atoms with Crippen LogP contribution in [-0.4, -0.2) is 13.1 Å². The van der Waals surface area contributed by atoms with E-state index in [4.69, 9.17) is 5.26 Å². The second-order valence-corrected chi connectivity index (χ2v) is 3.07. The molecule has 2 N–H and O–H groups in total. The van der Waals surface area contributed by atoms with Crippen LogP contribution in [0, 0.1) is 11.3 Å². The van der Waals surface area contributed by atoms with Crippen molar-refractivity contribution >= 4 is 11.7 Å². The zero-order chi connectivity index (χ0) is 13.1. The topological polar surface area (TPSA) is 64.9 Å². The summed E-state index contributed by atoms with van der Waals surface area (Å²) in [5, 5.41) is 13.0. The summed E-state index contributed by atoms with van der Waals surface area (Å²) >= 11 is 0. The minimum absolute atomic E-state index is 0.0318. The van der Waals surface area contributed by atoms with Crippen LogP contribution in [0.2, 0.25) is 0 Å². The summed E-state index contributed by atoms with van der Waals surface area (Å²) in [7, 11) is 1.34. The van der Waals surface area contributed by atoms with Crippen molar-refractivity contribution in [1.82, 2.24) is 5.32 Å². The number of alkyl halides is 3. The molecule has 1 rings (SSSR count). The average molecular weight is 243 g/mol. The molecular weight excluding hydrogens is 235 g/mol. The summed E-state index contributed by atoms with van der Waals surface area (Å²) in [6.07, 6.45) is -4.63. The van der Waals surface area contributed by atoms with Crippen molar-refractivity contribution in [3.05, 3.63) is 29.3 Å². The molecule has 0 saturated heterocycles. The van der Waals surface area contributed by atoms with E-state index >= 15 is 0 Å². The molecule has 0 aliphatic heterocycles. The van der Waals surface area contributed by atoms with Crippen molar-refractivity contribution < 1.29 is 18.0 Å². The highest BCUT2D eigenvalue weighted by Crippen LogP contribution is 2.33. The van der Waals surface area contributed by atoms with E-state index < -0.39 is 23.3 Å². The van der Waals surface area contributed by atoms with Gasteiger partial charge in [0.25, 0.3) is 0 Å². The Morgan fingerprint density at radius 1 is 1.41 bits per heavy atom. The summed E-state index contributed by atoms with van der Waals surface area (Å²) in [5.41, 5.74) is -1.59. The van der Waals surface area contributed by atoms with Crippen LogP contribution in [0.15, 0.2) is 18.2 Å². The van der Waals surface area contributed by atoms with Crippen LogP contribution in [0.5, 0.6) is 0 Å². The SMILES string of the molecule is CNC(=O)Nc1ccc(C#N)c(C(F)(F)F)c1. The third-order valence-electron chi connectivity index (χ3n) is 1.93. The van der Waals surface area contributed by atoms with E-state index in [2.05, 4.69) is 10.6 Å². The van der Waals surface area contributed by atoms with Gasteiger partial charge in [-0.3, -0.25) is 0 Å². The molecule has 0 saturated carbocycles. The molecule has 1 aromatic carbocycles. The average Bonchev–Trinajstić information content (AvgIpc) is 2.27. The number of anilines is 1. The number of nitrogens with zero attached hydrogens (tertiary/aromatic N) is 1. The van der Waals surface area contributed by atoms with E-state index in [0.717, 1.165) is 6.07 Å². The Kier molecular flexibility index (Phi) is 3.58. The van der Waals surface area contributed by atoms with Crippen LogP contribution in [0.3, 0.4) is 0 Å². The van der Waals surface area contributed by atoms with Crippen molar-refractivity contribution in [3.8, 4) is 6.07 Å². The number of rotatable bonds is 1. The van der Waals surface area contributed by atoms with Crippen LogP contribution < -0.4 is 10.6 Å². The lowest BCUT2D eigenvalue weighted by atomic mass is 10.1. The maximum Gasteiger partial charge on any atom is 0.417 e. The van der Waals surface area contributed by atoms with Crippen LogP contribution >= 0.6 is 0 Å². The minimum Gasteiger partial charge on any atom is -0.341 e. The first-order valence-electron chi connectivity index (χ1n) is 4.48. The highest BCUT2D eigenvalue weighted by atomic mass is 19.4. The molecule has 0 fully saturated rings. The van der Waals surface area contributed by atoms with Gasteiger partial charge in [0.05, 0.1) is 17.2 Å². The van der Waals surface area contributed by atoms with Crippen LogP contribution in [0.25, 0.3) is 0 Å². The van der Waals surface area contributed by atoms with Crippen molar-refractivity contribution in [3.63, 3.8) is 0 Å². The second kappa shape index (κ2) is 4.74. The highest BCUT2D eigenvalue weighted by Gasteiger charge is 2.33. The molecule has 90 valence electrons. The quantitative estimate of drug-likeness (QED) is 0.795.